The van der Waals surface area contributed by atoms with Gasteiger partial charge in [0, 0.05) is 31.7 Å². The molecule has 2 unspecified atom stereocenters. The summed E-state index contributed by atoms with van der Waals surface area (Å²) in [6.07, 6.45) is 3.57. The van der Waals surface area contributed by atoms with Gasteiger partial charge in [0.15, 0.2) is 0 Å². The number of hydrogen-bond donors (Lipinski definition) is 1. The van der Waals surface area contributed by atoms with Gasteiger partial charge in [-0.3, -0.25) is 4.90 Å². The van der Waals surface area contributed by atoms with Crippen molar-refractivity contribution in [3.05, 3.63) is 35.9 Å². The van der Waals surface area contributed by atoms with Crippen molar-refractivity contribution in [1.82, 2.24) is 9.80 Å². The molecule has 0 saturated carbocycles. The molecule has 0 bridgehead atoms. The van der Waals surface area contributed by atoms with Crippen LogP contribution in [0.1, 0.15) is 18.4 Å². The molecule has 0 radical (unpaired) electrons. The second-order valence-corrected chi connectivity index (χ2v) is 5.81. The van der Waals surface area contributed by atoms with Crippen LogP contribution in [0.3, 0.4) is 0 Å². The van der Waals surface area contributed by atoms with E-state index < -0.39 is 0 Å². The SMILES string of the molecule is CN(C)C1CCN(C(CN)CCc2ccccc2)C1. The van der Waals surface area contributed by atoms with Crippen molar-refractivity contribution in [1.29, 1.82) is 0 Å². The molecule has 2 N–H and O–H groups in total. The summed E-state index contributed by atoms with van der Waals surface area (Å²) in [5.41, 5.74) is 7.40. The third-order valence-electron chi connectivity index (χ3n) is 4.32. The second-order valence-electron chi connectivity index (χ2n) is 5.81. The highest BCUT2D eigenvalue weighted by molar-refractivity contribution is 5.14. The van der Waals surface area contributed by atoms with Crippen LogP contribution in [0.15, 0.2) is 30.3 Å². The molecule has 19 heavy (non-hydrogen) atoms. The average molecular weight is 261 g/mol. The van der Waals surface area contributed by atoms with Crippen molar-refractivity contribution in [2.45, 2.75) is 31.3 Å². The van der Waals surface area contributed by atoms with Crippen LogP contribution in [-0.4, -0.2) is 55.6 Å². The first-order valence-electron chi connectivity index (χ1n) is 7.35. The maximum atomic E-state index is 5.98. The molecule has 2 rings (SSSR count). The molecule has 3 heteroatoms. The highest BCUT2D eigenvalue weighted by Crippen LogP contribution is 2.18. The Bertz CT molecular complexity index is 364. The lowest BCUT2D eigenvalue weighted by molar-refractivity contribution is 0.210. The van der Waals surface area contributed by atoms with Gasteiger partial charge in [-0.1, -0.05) is 30.3 Å². The summed E-state index contributed by atoms with van der Waals surface area (Å²) in [7, 11) is 4.35. The molecule has 0 aliphatic carbocycles. The van der Waals surface area contributed by atoms with E-state index in [4.69, 9.17) is 5.73 Å². The van der Waals surface area contributed by atoms with Crippen LogP contribution in [0.25, 0.3) is 0 Å². The van der Waals surface area contributed by atoms with Gasteiger partial charge in [-0.25, -0.2) is 0 Å². The van der Waals surface area contributed by atoms with Crippen LogP contribution in [0.4, 0.5) is 0 Å². The summed E-state index contributed by atoms with van der Waals surface area (Å²) in [5.74, 6) is 0. The monoisotopic (exact) mass is 261 g/mol. The third-order valence-corrected chi connectivity index (χ3v) is 4.32. The largest absolute Gasteiger partial charge is 0.329 e. The van der Waals surface area contributed by atoms with Gasteiger partial charge < -0.3 is 10.6 Å². The average Bonchev–Trinajstić information content (AvgIpc) is 2.90. The molecule has 1 aromatic rings. The highest BCUT2D eigenvalue weighted by Gasteiger charge is 2.28. The molecular weight excluding hydrogens is 234 g/mol. The zero-order valence-corrected chi connectivity index (χ0v) is 12.3. The Labute approximate surface area is 117 Å². The number of benzene rings is 1. The Morgan fingerprint density at radius 3 is 2.63 bits per heavy atom. The number of hydrogen-bond acceptors (Lipinski definition) is 3. The molecule has 0 amide bonds. The van der Waals surface area contributed by atoms with Crippen LogP contribution < -0.4 is 5.73 Å². The highest BCUT2D eigenvalue weighted by atomic mass is 15.2. The van der Waals surface area contributed by atoms with E-state index in [2.05, 4.69) is 54.2 Å². The van der Waals surface area contributed by atoms with Gasteiger partial charge >= 0.3 is 0 Å². The van der Waals surface area contributed by atoms with E-state index in [0.717, 1.165) is 13.0 Å². The van der Waals surface area contributed by atoms with Gasteiger partial charge in [-0.15, -0.1) is 0 Å². The van der Waals surface area contributed by atoms with E-state index in [1.165, 1.54) is 31.5 Å². The minimum atomic E-state index is 0.533. The Hall–Kier alpha value is -0.900. The van der Waals surface area contributed by atoms with E-state index in [-0.39, 0.29) is 0 Å². The van der Waals surface area contributed by atoms with Crippen LogP contribution in [-0.2, 0) is 6.42 Å². The van der Waals surface area contributed by atoms with Crippen molar-refractivity contribution in [2.24, 2.45) is 5.73 Å². The van der Waals surface area contributed by atoms with E-state index in [0.29, 0.717) is 12.1 Å². The molecule has 1 aromatic carbocycles. The first kappa shape index (κ1) is 14.5. The zero-order chi connectivity index (χ0) is 13.7. The number of likely N-dealkylation sites (N-methyl/N-ethyl adjacent to an activating group) is 1. The molecule has 0 aromatic heterocycles. The third kappa shape index (κ3) is 4.03. The standard InChI is InChI=1S/C16H27N3/c1-18(2)16-10-11-19(13-16)15(12-17)9-8-14-6-4-3-5-7-14/h3-7,15-16H,8-13,17H2,1-2H3. The number of rotatable bonds is 6. The van der Waals surface area contributed by atoms with Gasteiger partial charge in [0.1, 0.15) is 0 Å². The van der Waals surface area contributed by atoms with Crippen LogP contribution >= 0.6 is 0 Å². The molecule has 0 spiro atoms. The fourth-order valence-corrected chi connectivity index (χ4v) is 2.95. The van der Waals surface area contributed by atoms with E-state index in [1.54, 1.807) is 0 Å². The Morgan fingerprint density at radius 1 is 1.32 bits per heavy atom. The van der Waals surface area contributed by atoms with Crippen molar-refractivity contribution < 1.29 is 0 Å². The van der Waals surface area contributed by atoms with E-state index in [1.807, 2.05) is 0 Å². The first-order valence-corrected chi connectivity index (χ1v) is 7.35. The second kappa shape index (κ2) is 7.04. The quantitative estimate of drug-likeness (QED) is 0.844. The van der Waals surface area contributed by atoms with Crippen molar-refractivity contribution in [3.8, 4) is 0 Å². The maximum absolute atomic E-state index is 5.98. The molecular formula is C16H27N3. The predicted molar refractivity (Wildman–Crippen MR) is 81.3 cm³/mol. The summed E-state index contributed by atoms with van der Waals surface area (Å²) < 4.78 is 0. The van der Waals surface area contributed by atoms with Crippen molar-refractivity contribution in [3.63, 3.8) is 0 Å². The van der Waals surface area contributed by atoms with E-state index >= 15 is 0 Å². The maximum Gasteiger partial charge on any atom is 0.0229 e. The first-order chi connectivity index (χ1) is 9.20. The Kier molecular flexibility index (Phi) is 5.37. The molecule has 1 fully saturated rings. The van der Waals surface area contributed by atoms with E-state index in [9.17, 15) is 0 Å². The van der Waals surface area contributed by atoms with Crippen molar-refractivity contribution in [2.75, 3.05) is 33.7 Å². The summed E-state index contributed by atoms with van der Waals surface area (Å²) >= 11 is 0. The summed E-state index contributed by atoms with van der Waals surface area (Å²) in [5, 5.41) is 0. The van der Waals surface area contributed by atoms with Crippen LogP contribution in [0.5, 0.6) is 0 Å². The van der Waals surface area contributed by atoms with Crippen molar-refractivity contribution >= 4 is 0 Å². The van der Waals surface area contributed by atoms with Gasteiger partial charge in [-0.05, 0) is 38.9 Å². The number of nitrogens with zero attached hydrogens (tertiary/aromatic N) is 2. The van der Waals surface area contributed by atoms with Crippen LogP contribution in [0.2, 0.25) is 0 Å². The zero-order valence-electron chi connectivity index (χ0n) is 12.3. The molecule has 1 saturated heterocycles. The van der Waals surface area contributed by atoms with Gasteiger partial charge in [0.25, 0.3) is 0 Å². The fraction of sp³-hybridized carbons (Fsp3) is 0.625. The lowest BCUT2D eigenvalue weighted by Crippen LogP contribution is -2.41. The molecule has 2 atom stereocenters. The number of nitrogens with two attached hydrogens (primary N) is 1. The Morgan fingerprint density at radius 2 is 2.05 bits per heavy atom. The molecule has 1 heterocycles. The number of likely N-dealkylation sites (tertiary alicyclic amines) is 1. The molecule has 1 aliphatic rings. The summed E-state index contributed by atoms with van der Waals surface area (Å²) in [4.78, 5) is 4.92. The summed E-state index contributed by atoms with van der Waals surface area (Å²) in [6, 6.07) is 12.0. The molecule has 1 aliphatic heterocycles. The topological polar surface area (TPSA) is 32.5 Å². The number of aryl methyl sites for hydroxylation is 1. The van der Waals surface area contributed by atoms with Gasteiger partial charge in [-0.2, -0.15) is 0 Å². The Balaban J connectivity index is 1.84. The lowest BCUT2D eigenvalue weighted by Gasteiger charge is -2.27. The van der Waals surface area contributed by atoms with Gasteiger partial charge in [0.2, 0.25) is 0 Å². The van der Waals surface area contributed by atoms with Gasteiger partial charge in [0.05, 0.1) is 0 Å². The smallest absolute Gasteiger partial charge is 0.0229 e. The minimum Gasteiger partial charge on any atom is -0.329 e. The normalized spacial score (nSPS) is 22.0. The lowest BCUT2D eigenvalue weighted by atomic mass is 10.0. The fourth-order valence-electron chi connectivity index (χ4n) is 2.95. The van der Waals surface area contributed by atoms with Crippen LogP contribution in [0, 0.1) is 0 Å². The molecule has 3 nitrogen and oxygen atoms in total. The molecule has 106 valence electrons. The minimum absolute atomic E-state index is 0.533. The predicted octanol–water partition coefficient (Wildman–Crippen LogP) is 1.58. The summed E-state index contributed by atoms with van der Waals surface area (Å²) in [6.45, 7) is 3.14.